The van der Waals surface area contributed by atoms with Crippen molar-refractivity contribution in [1.82, 2.24) is 5.32 Å². The number of benzene rings is 2. The van der Waals surface area contributed by atoms with Gasteiger partial charge in [-0.2, -0.15) is 0 Å². The monoisotopic (exact) mass is 551 g/mol. The number of nitrogens with one attached hydrogen (secondary N) is 1. The van der Waals surface area contributed by atoms with Crippen LogP contribution >= 0.6 is 11.6 Å². The Morgan fingerprint density at radius 1 is 1.08 bits per heavy atom. The Bertz CT molecular complexity index is 1140. The van der Waals surface area contributed by atoms with Gasteiger partial charge in [-0.25, -0.2) is 4.79 Å². The minimum absolute atomic E-state index is 0.0485. The van der Waals surface area contributed by atoms with Gasteiger partial charge in [-0.15, -0.1) is 0 Å². The molecular formula is C26H30ClNO10. The van der Waals surface area contributed by atoms with Gasteiger partial charge in [-0.1, -0.05) is 35.9 Å². The standard InChI is InChI=1S/C26H30ClNO10/c1-34-18-11-19(37-13-15-6-4-14(5-7-15)8-9-21(30)35-2)17(27)10-16(18)25(33)28-22-24(32)23(31)20(12-29)38-26(22)36-3/h4-11,20,22-24,26,29,31-32H,12-13H2,1-3H3,(H,28,33)/b9-8+/t20-,22-,23-,24-,26+/m1/s1. The highest BCUT2D eigenvalue weighted by Crippen LogP contribution is 2.34. The van der Waals surface area contributed by atoms with Crippen LogP contribution in [0.2, 0.25) is 5.02 Å². The molecule has 3 rings (SSSR count). The zero-order valence-corrected chi connectivity index (χ0v) is 21.8. The summed E-state index contributed by atoms with van der Waals surface area (Å²) in [6, 6.07) is 8.94. The summed E-state index contributed by atoms with van der Waals surface area (Å²) in [5, 5.41) is 32.7. The summed E-state index contributed by atoms with van der Waals surface area (Å²) in [5.41, 5.74) is 1.68. The Labute approximate surface area is 224 Å². The van der Waals surface area contributed by atoms with Gasteiger partial charge in [0.25, 0.3) is 5.91 Å². The molecule has 0 saturated carbocycles. The average molecular weight is 552 g/mol. The van der Waals surface area contributed by atoms with Crippen molar-refractivity contribution in [1.29, 1.82) is 0 Å². The van der Waals surface area contributed by atoms with Crippen LogP contribution in [0.15, 0.2) is 42.5 Å². The van der Waals surface area contributed by atoms with Gasteiger partial charge >= 0.3 is 5.97 Å². The normalized spacial score (nSPS) is 23.2. The molecule has 0 bridgehead atoms. The van der Waals surface area contributed by atoms with Gasteiger partial charge < -0.3 is 44.3 Å². The van der Waals surface area contributed by atoms with Crippen LogP contribution in [0.25, 0.3) is 6.08 Å². The first-order chi connectivity index (χ1) is 18.2. The summed E-state index contributed by atoms with van der Waals surface area (Å²) in [5.74, 6) is -0.700. The molecule has 12 heteroatoms. The first-order valence-corrected chi connectivity index (χ1v) is 11.9. The van der Waals surface area contributed by atoms with E-state index in [9.17, 15) is 24.9 Å². The number of carbonyl (C=O) groups excluding carboxylic acids is 2. The minimum Gasteiger partial charge on any atom is -0.496 e. The first kappa shape index (κ1) is 29.4. The SMILES string of the molecule is COC(=O)/C=C/c1ccc(COc2cc(OC)c(C(=O)N[C@H]3[C@@H](OC)O[C@H](CO)[C@@H](O)[C@@H]3O)cc2Cl)cc1. The van der Waals surface area contributed by atoms with Gasteiger partial charge in [-0.3, -0.25) is 4.79 Å². The third-order valence-electron chi connectivity index (χ3n) is 5.90. The van der Waals surface area contributed by atoms with E-state index in [2.05, 4.69) is 10.1 Å². The molecular weight excluding hydrogens is 522 g/mol. The summed E-state index contributed by atoms with van der Waals surface area (Å²) >= 11 is 6.39. The third kappa shape index (κ3) is 7.01. The maximum Gasteiger partial charge on any atom is 0.330 e. The quantitative estimate of drug-likeness (QED) is 0.251. The zero-order valence-electron chi connectivity index (χ0n) is 21.0. The van der Waals surface area contributed by atoms with E-state index in [1.54, 1.807) is 6.08 Å². The van der Waals surface area contributed by atoms with E-state index >= 15 is 0 Å². The number of esters is 1. The maximum atomic E-state index is 13.1. The van der Waals surface area contributed by atoms with Crippen LogP contribution in [-0.4, -0.2) is 85.8 Å². The molecule has 5 atom stereocenters. The number of methoxy groups -OCH3 is 3. The number of aliphatic hydroxyl groups is 3. The largest absolute Gasteiger partial charge is 0.496 e. The number of amides is 1. The number of ether oxygens (including phenoxy) is 5. The minimum atomic E-state index is -1.47. The third-order valence-corrected chi connectivity index (χ3v) is 6.19. The van der Waals surface area contributed by atoms with Gasteiger partial charge in [-0.05, 0) is 23.3 Å². The van der Waals surface area contributed by atoms with Crippen molar-refractivity contribution in [2.24, 2.45) is 0 Å². The molecule has 2 aromatic rings. The number of aliphatic hydroxyl groups excluding tert-OH is 3. The topological polar surface area (TPSA) is 153 Å². The molecule has 1 fully saturated rings. The van der Waals surface area contributed by atoms with Crippen LogP contribution in [0.3, 0.4) is 0 Å². The zero-order chi connectivity index (χ0) is 27.8. The lowest BCUT2D eigenvalue weighted by Gasteiger charge is -2.41. The van der Waals surface area contributed by atoms with Crippen molar-refractivity contribution in [2.45, 2.75) is 37.3 Å². The van der Waals surface area contributed by atoms with Crippen molar-refractivity contribution < 1.29 is 48.6 Å². The van der Waals surface area contributed by atoms with Crippen LogP contribution in [0, 0.1) is 0 Å². The van der Waals surface area contributed by atoms with E-state index in [0.717, 1.165) is 11.1 Å². The van der Waals surface area contributed by atoms with Crippen molar-refractivity contribution in [3.8, 4) is 11.5 Å². The average Bonchev–Trinajstić information content (AvgIpc) is 2.93. The lowest BCUT2D eigenvalue weighted by Crippen LogP contribution is -2.64. The molecule has 0 unspecified atom stereocenters. The highest BCUT2D eigenvalue weighted by Gasteiger charge is 2.45. The van der Waals surface area contributed by atoms with Crippen molar-refractivity contribution in [3.63, 3.8) is 0 Å². The van der Waals surface area contributed by atoms with E-state index < -0.39 is 49.1 Å². The second kappa shape index (κ2) is 13.6. The molecule has 1 aliphatic heterocycles. The maximum absolute atomic E-state index is 13.1. The van der Waals surface area contributed by atoms with Crippen molar-refractivity contribution >= 4 is 29.6 Å². The lowest BCUT2D eigenvalue weighted by atomic mass is 9.96. The second-order valence-corrected chi connectivity index (χ2v) is 8.72. The van der Waals surface area contributed by atoms with Crippen LogP contribution in [-0.2, 0) is 25.6 Å². The number of hydrogen-bond donors (Lipinski definition) is 4. The van der Waals surface area contributed by atoms with E-state index in [0.29, 0.717) is 0 Å². The summed E-state index contributed by atoms with van der Waals surface area (Å²) in [7, 11) is 3.98. The molecule has 0 aromatic heterocycles. The van der Waals surface area contributed by atoms with E-state index in [1.807, 2.05) is 24.3 Å². The van der Waals surface area contributed by atoms with Crippen LogP contribution in [0.4, 0.5) is 0 Å². The number of carbonyl (C=O) groups is 2. The number of halogens is 1. The fraction of sp³-hybridized carbons (Fsp3) is 0.385. The molecule has 1 heterocycles. The van der Waals surface area contributed by atoms with Crippen molar-refractivity contribution in [2.75, 3.05) is 27.9 Å². The lowest BCUT2D eigenvalue weighted by molar-refractivity contribution is -0.261. The van der Waals surface area contributed by atoms with Gasteiger partial charge in [0.05, 0.1) is 31.4 Å². The Kier molecular flexibility index (Phi) is 10.5. The predicted molar refractivity (Wildman–Crippen MR) is 136 cm³/mol. The highest BCUT2D eigenvalue weighted by molar-refractivity contribution is 6.32. The Morgan fingerprint density at radius 3 is 2.39 bits per heavy atom. The summed E-state index contributed by atoms with van der Waals surface area (Å²) in [6.07, 6.45) is -2.17. The van der Waals surface area contributed by atoms with E-state index in [1.165, 1.54) is 39.5 Å². The van der Waals surface area contributed by atoms with Gasteiger partial charge in [0.2, 0.25) is 0 Å². The molecule has 206 valence electrons. The molecule has 1 aliphatic rings. The van der Waals surface area contributed by atoms with Crippen LogP contribution < -0.4 is 14.8 Å². The fourth-order valence-corrected chi connectivity index (χ4v) is 3.99. The van der Waals surface area contributed by atoms with Crippen LogP contribution in [0.5, 0.6) is 11.5 Å². The fourth-order valence-electron chi connectivity index (χ4n) is 3.78. The summed E-state index contributed by atoms with van der Waals surface area (Å²) < 4.78 is 26.4. The molecule has 1 amide bonds. The van der Waals surface area contributed by atoms with Gasteiger partial charge in [0.15, 0.2) is 6.29 Å². The summed E-state index contributed by atoms with van der Waals surface area (Å²) in [4.78, 5) is 24.3. The second-order valence-electron chi connectivity index (χ2n) is 8.31. The molecule has 2 aromatic carbocycles. The number of hydrogen-bond acceptors (Lipinski definition) is 10. The van der Waals surface area contributed by atoms with Crippen LogP contribution in [0.1, 0.15) is 21.5 Å². The molecule has 11 nitrogen and oxygen atoms in total. The smallest absolute Gasteiger partial charge is 0.330 e. The molecule has 38 heavy (non-hydrogen) atoms. The van der Waals surface area contributed by atoms with Gasteiger partial charge in [0, 0.05) is 19.3 Å². The van der Waals surface area contributed by atoms with Gasteiger partial charge in [0.1, 0.15) is 42.5 Å². The molecule has 0 spiro atoms. The van der Waals surface area contributed by atoms with E-state index in [-0.39, 0.29) is 28.7 Å². The Morgan fingerprint density at radius 2 is 1.79 bits per heavy atom. The molecule has 0 radical (unpaired) electrons. The Hall–Kier alpha value is -3.19. The first-order valence-electron chi connectivity index (χ1n) is 11.5. The molecule has 0 aliphatic carbocycles. The Balaban J connectivity index is 1.71. The van der Waals surface area contributed by atoms with Crippen molar-refractivity contribution in [3.05, 3.63) is 64.2 Å². The predicted octanol–water partition coefficient (Wildman–Crippen LogP) is 1.30. The summed E-state index contributed by atoms with van der Waals surface area (Å²) in [6.45, 7) is -0.374. The molecule has 4 N–H and O–H groups in total. The molecule has 1 saturated heterocycles. The highest BCUT2D eigenvalue weighted by atomic mass is 35.5. The van der Waals surface area contributed by atoms with E-state index in [4.69, 9.17) is 30.5 Å². The number of rotatable bonds is 10.